The summed E-state index contributed by atoms with van der Waals surface area (Å²) in [6.07, 6.45) is 1.68. The van der Waals surface area contributed by atoms with Gasteiger partial charge in [-0.3, -0.25) is 9.36 Å². The van der Waals surface area contributed by atoms with Crippen LogP contribution in [0.25, 0.3) is 11.2 Å². The van der Waals surface area contributed by atoms with Crippen LogP contribution in [0.3, 0.4) is 0 Å². The van der Waals surface area contributed by atoms with E-state index in [2.05, 4.69) is 26.8 Å². The summed E-state index contributed by atoms with van der Waals surface area (Å²) in [4.78, 5) is 25.4. The number of carbonyl (C=O) groups excluding carboxylic acids is 1. The Labute approximate surface area is 166 Å². The average molecular weight is 393 g/mol. The van der Waals surface area contributed by atoms with E-state index in [1.807, 2.05) is 19.9 Å². The van der Waals surface area contributed by atoms with Gasteiger partial charge in [-0.15, -0.1) is 0 Å². The second-order valence-electron chi connectivity index (χ2n) is 7.36. The summed E-state index contributed by atoms with van der Waals surface area (Å²) in [6, 6.07) is 8.89. The lowest BCUT2D eigenvalue weighted by Gasteiger charge is -2.23. The molecule has 2 saturated heterocycles. The molecular weight excluding hydrogens is 374 g/mol. The molecule has 1 amide bonds. The summed E-state index contributed by atoms with van der Waals surface area (Å²) >= 11 is 0. The second kappa shape index (κ2) is 6.36. The number of imidazole rings is 1. The van der Waals surface area contributed by atoms with Gasteiger partial charge >= 0.3 is 0 Å². The molecule has 9 nitrogen and oxygen atoms in total. The van der Waals surface area contributed by atoms with E-state index in [-0.39, 0.29) is 18.1 Å². The smallest absolute Gasteiger partial charge is 0.256 e. The largest absolute Gasteiger partial charge is 0.469 e. The molecule has 5 rings (SSSR count). The number of fused-ring (bicyclic) bond motifs is 2. The number of aromatic nitrogens is 4. The molecule has 9 heteroatoms. The zero-order valence-corrected chi connectivity index (χ0v) is 15.9. The molecule has 4 heterocycles. The van der Waals surface area contributed by atoms with Gasteiger partial charge in [-0.05, 0) is 26.0 Å². The average Bonchev–Trinajstić information content (AvgIpc) is 3.35. The summed E-state index contributed by atoms with van der Waals surface area (Å²) in [5.74, 6) is -0.195. The third-order valence-corrected chi connectivity index (χ3v) is 4.90. The number of nitrogens with one attached hydrogen (secondary N) is 1. The molecule has 29 heavy (non-hydrogen) atoms. The number of anilines is 1. The van der Waals surface area contributed by atoms with Crippen molar-refractivity contribution in [3.8, 4) is 0 Å². The highest BCUT2D eigenvalue weighted by Crippen LogP contribution is 2.44. The van der Waals surface area contributed by atoms with Crippen LogP contribution in [0.2, 0.25) is 0 Å². The van der Waals surface area contributed by atoms with Crippen molar-refractivity contribution in [2.24, 2.45) is 0 Å². The number of nitrogens with zero attached hydrogens (tertiary/aromatic N) is 4. The summed E-state index contributed by atoms with van der Waals surface area (Å²) < 4.78 is 19.5. The lowest BCUT2D eigenvalue weighted by Crippen LogP contribution is -2.27. The molecule has 2 aliphatic heterocycles. The van der Waals surface area contributed by atoms with Crippen LogP contribution in [0.4, 0.5) is 5.82 Å². The fourth-order valence-electron chi connectivity index (χ4n) is 3.65. The van der Waals surface area contributed by atoms with Crippen molar-refractivity contribution in [1.29, 1.82) is 0 Å². The molecule has 0 spiro atoms. The van der Waals surface area contributed by atoms with Crippen molar-refractivity contribution in [2.75, 3.05) is 5.32 Å². The molecule has 0 radical (unpaired) electrons. The minimum atomic E-state index is -0.736. The van der Waals surface area contributed by atoms with E-state index < -0.39 is 12.0 Å². The van der Waals surface area contributed by atoms with Gasteiger partial charge in [-0.25, -0.2) is 15.0 Å². The summed E-state index contributed by atoms with van der Waals surface area (Å²) in [5, 5.41) is 2.79. The van der Waals surface area contributed by atoms with Gasteiger partial charge in [0, 0.05) is 5.56 Å². The molecule has 2 aliphatic rings. The molecule has 3 aromatic rings. The molecule has 1 N–H and O–H groups in total. The quantitative estimate of drug-likeness (QED) is 0.730. The zero-order chi connectivity index (χ0) is 20.2. The minimum absolute atomic E-state index is 0.278. The molecule has 148 valence electrons. The molecule has 2 aromatic heterocycles. The Kier molecular flexibility index (Phi) is 3.90. The normalized spacial score (nSPS) is 25.0. The Bertz CT molecular complexity index is 1110. The number of rotatable bonds is 3. The Morgan fingerprint density at radius 1 is 1.17 bits per heavy atom. The number of carbonyl (C=O) groups is 1. The zero-order valence-electron chi connectivity index (χ0n) is 15.9. The maximum Gasteiger partial charge on any atom is 0.256 e. The Hall–Kier alpha value is -3.30. The first-order valence-electron chi connectivity index (χ1n) is 9.18. The first kappa shape index (κ1) is 17.8. The highest BCUT2D eigenvalue weighted by molar-refractivity contribution is 6.06. The molecule has 3 atom stereocenters. The monoisotopic (exact) mass is 393 g/mol. The van der Waals surface area contributed by atoms with E-state index in [9.17, 15) is 4.79 Å². The van der Waals surface area contributed by atoms with E-state index >= 15 is 0 Å². The first-order valence-corrected chi connectivity index (χ1v) is 9.18. The van der Waals surface area contributed by atoms with Crippen molar-refractivity contribution in [2.45, 2.75) is 38.1 Å². The van der Waals surface area contributed by atoms with E-state index in [0.717, 1.165) is 0 Å². The molecule has 1 unspecified atom stereocenters. The molecule has 0 saturated carbocycles. The van der Waals surface area contributed by atoms with Crippen LogP contribution < -0.4 is 5.32 Å². The van der Waals surface area contributed by atoms with Gasteiger partial charge < -0.3 is 19.5 Å². The molecule has 2 fully saturated rings. The van der Waals surface area contributed by atoms with Crippen LogP contribution in [0.1, 0.15) is 30.4 Å². The van der Waals surface area contributed by atoms with E-state index in [1.165, 1.54) is 6.33 Å². The van der Waals surface area contributed by atoms with Crippen molar-refractivity contribution >= 4 is 22.9 Å². The van der Waals surface area contributed by atoms with Crippen LogP contribution in [-0.2, 0) is 14.2 Å². The van der Waals surface area contributed by atoms with E-state index in [0.29, 0.717) is 28.3 Å². The predicted molar refractivity (Wildman–Crippen MR) is 103 cm³/mol. The molecule has 0 bridgehead atoms. The van der Waals surface area contributed by atoms with Crippen LogP contribution in [-0.4, -0.2) is 43.4 Å². The Morgan fingerprint density at radius 2 is 1.97 bits per heavy atom. The van der Waals surface area contributed by atoms with Crippen LogP contribution in [0, 0.1) is 0 Å². The van der Waals surface area contributed by atoms with Crippen molar-refractivity contribution in [1.82, 2.24) is 19.5 Å². The molecular formula is C20H19N5O4. The summed E-state index contributed by atoms with van der Waals surface area (Å²) in [5.41, 5.74) is 1.48. The van der Waals surface area contributed by atoms with Gasteiger partial charge in [-0.2, -0.15) is 0 Å². The van der Waals surface area contributed by atoms with Gasteiger partial charge in [-0.1, -0.05) is 24.8 Å². The van der Waals surface area contributed by atoms with E-state index in [4.69, 9.17) is 14.2 Å². The van der Waals surface area contributed by atoms with E-state index in [1.54, 1.807) is 35.2 Å². The molecule has 1 aromatic carbocycles. The second-order valence-corrected chi connectivity index (χ2v) is 7.36. The van der Waals surface area contributed by atoms with Gasteiger partial charge in [0.2, 0.25) is 6.23 Å². The number of hydrogen-bond donors (Lipinski definition) is 1. The fraction of sp³-hybridized carbons (Fsp3) is 0.300. The Balaban J connectivity index is 1.48. The van der Waals surface area contributed by atoms with Crippen LogP contribution >= 0.6 is 0 Å². The third kappa shape index (κ3) is 2.95. The van der Waals surface area contributed by atoms with Crippen molar-refractivity contribution < 1.29 is 19.0 Å². The lowest BCUT2D eigenvalue weighted by molar-refractivity contribution is -0.173. The minimum Gasteiger partial charge on any atom is -0.469 e. The third-order valence-electron chi connectivity index (χ3n) is 4.90. The number of ether oxygens (including phenoxy) is 3. The van der Waals surface area contributed by atoms with Gasteiger partial charge in [0.1, 0.15) is 24.5 Å². The summed E-state index contributed by atoms with van der Waals surface area (Å²) in [6.45, 7) is 7.64. The SMILES string of the molecule is C=C1O[C@@H](n2cnc3c(NC(=O)c4ccccc4)ncnc32)C2OC(C)(C)O[C@@H]12. The first-order chi connectivity index (χ1) is 13.9. The highest BCUT2D eigenvalue weighted by atomic mass is 16.8. The topological polar surface area (TPSA) is 100 Å². The van der Waals surface area contributed by atoms with Crippen molar-refractivity contribution in [3.63, 3.8) is 0 Å². The highest BCUT2D eigenvalue weighted by Gasteiger charge is 2.54. The van der Waals surface area contributed by atoms with Gasteiger partial charge in [0.15, 0.2) is 28.9 Å². The van der Waals surface area contributed by atoms with Crippen LogP contribution in [0.15, 0.2) is 55.3 Å². The Morgan fingerprint density at radius 3 is 2.76 bits per heavy atom. The predicted octanol–water partition coefficient (Wildman–Crippen LogP) is 2.64. The lowest BCUT2D eigenvalue weighted by atomic mass is 10.2. The summed E-state index contributed by atoms with van der Waals surface area (Å²) in [7, 11) is 0. The number of hydrogen-bond acceptors (Lipinski definition) is 7. The number of benzene rings is 1. The fourth-order valence-corrected chi connectivity index (χ4v) is 3.65. The van der Waals surface area contributed by atoms with Crippen LogP contribution in [0.5, 0.6) is 0 Å². The van der Waals surface area contributed by atoms with Gasteiger partial charge in [0.25, 0.3) is 5.91 Å². The maximum absolute atomic E-state index is 12.5. The maximum atomic E-state index is 12.5. The van der Waals surface area contributed by atoms with Gasteiger partial charge in [0.05, 0.1) is 0 Å². The molecule has 0 aliphatic carbocycles. The van der Waals surface area contributed by atoms with Crippen molar-refractivity contribution in [3.05, 3.63) is 60.9 Å². The number of amides is 1. The standard InChI is InChI=1S/C20H19N5O4/c1-11-14-15(29-20(2,3)28-14)19(27-11)25-10-23-13-16(21-9-22-17(13)25)24-18(26)12-7-5-4-6-8-12/h4-10,14-15,19H,1H2,2-3H3,(H,21,22,24,26)/t14-,15?,19+/m0/s1.